The van der Waals surface area contributed by atoms with Crippen molar-refractivity contribution in [1.29, 1.82) is 10.5 Å². The van der Waals surface area contributed by atoms with Crippen LogP contribution in [0, 0.1) is 99.0 Å². The molecule has 0 amide bonds. The smallest absolute Gasteiger partial charge is 0.872 e. The van der Waals surface area contributed by atoms with E-state index in [1.54, 1.807) is 85.5 Å². The van der Waals surface area contributed by atoms with Crippen LogP contribution in [-0.4, -0.2) is 48.7 Å². The van der Waals surface area contributed by atoms with E-state index >= 15 is 0 Å². The van der Waals surface area contributed by atoms with Gasteiger partial charge in [-0.15, -0.1) is 34.5 Å². The Hall–Kier alpha value is -8.67. The van der Waals surface area contributed by atoms with Crippen molar-refractivity contribution < 1.29 is 116 Å². The molecule has 92 heavy (non-hydrogen) atoms. The van der Waals surface area contributed by atoms with Gasteiger partial charge in [0.2, 0.25) is 0 Å². The molecule has 2 aromatic heterocycles. The number of aromatic nitrogens is 2. The fraction of sp³-hybridized carbons (Fsp3) is 0.184. The normalized spacial score (nSPS) is 11.8. The molecule has 16 bridgehead atoms. The largest absolute Gasteiger partial charge is 3.00 e. The van der Waals surface area contributed by atoms with Gasteiger partial charge in [-0.1, -0.05) is 224 Å². The van der Waals surface area contributed by atoms with E-state index in [1.165, 1.54) is 13.8 Å². The zero-order chi connectivity index (χ0) is 63.2. The van der Waals surface area contributed by atoms with Gasteiger partial charge in [0.15, 0.2) is 0 Å². The molecule has 0 saturated heterocycles. The van der Waals surface area contributed by atoms with Crippen molar-refractivity contribution in [3.05, 3.63) is 295 Å². The number of hydrogen-bond donors (Lipinski definition) is 0. The van der Waals surface area contributed by atoms with Gasteiger partial charge in [-0.2, -0.15) is 10.5 Å². The second-order valence-corrected chi connectivity index (χ2v) is 21.4. The van der Waals surface area contributed by atoms with Crippen LogP contribution >= 0.6 is 0 Å². The maximum atomic E-state index is 13.6. The third kappa shape index (κ3) is 18.7. The zero-order valence-corrected chi connectivity index (χ0v) is 54.8. The number of aliphatic imine (C=N–C) groups is 2. The zero-order valence-electron chi connectivity index (χ0n) is 50.7. The molecule has 466 valence electrons. The number of para-hydroxylation sites is 8. The Morgan fingerprint density at radius 1 is 0.337 bits per heavy atom. The molecule has 2 aliphatic carbocycles. The molecule has 0 saturated carbocycles. The molecule has 12 rings (SSSR count). The first-order chi connectivity index (χ1) is 44.0. The molecular weight excluding hydrogens is 1450 g/mol. The van der Waals surface area contributed by atoms with E-state index < -0.39 is 0 Å². The van der Waals surface area contributed by atoms with Gasteiger partial charge in [-0.05, 0) is 72.2 Å². The Morgan fingerprint density at radius 3 is 0.728 bits per heavy atom. The Kier molecular flexibility index (Phi) is 27.5. The summed E-state index contributed by atoms with van der Waals surface area (Å²) in [6, 6.07) is 59.2. The molecule has 0 atom stereocenters. The summed E-state index contributed by atoms with van der Waals surface area (Å²) in [5.41, 5.74) is 12.0. The molecule has 14 nitrogen and oxygen atoms in total. The fourth-order valence-electron chi connectivity index (χ4n) is 11.0. The van der Waals surface area contributed by atoms with Crippen molar-refractivity contribution in [3.63, 3.8) is 0 Å². The first-order valence-electron chi connectivity index (χ1n) is 29.5. The number of pyridine rings is 2. The molecule has 0 N–H and O–H groups in total. The van der Waals surface area contributed by atoms with Crippen LogP contribution < -0.4 is 40.1 Å². The SMILES string of the molecule is CC#N.CC#N.[Dy+3].[Dy+3].[O-]c1c2cccc1Cc1cccc(c1[O-])Cc1cccc(c1OCCN=Cc1ccccn1)Cc1cccc(c1[O-])C2.[O-]c1c2cccc1Cc1cccc(c1[O-])Cc1cccc(c1OCCN=Cc1ccccn1)Cc1cccc(c1[O-])C2. The Morgan fingerprint density at radius 2 is 0.533 bits per heavy atom. The van der Waals surface area contributed by atoms with E-state index in [1.807, 2.05) is 133 Å². The number of fused-ring (bicyclic) bond motifs is 16. The first kappa shape index (κ1) is 70.8. The third-order valence-electron chi connectivity index (χ3n) is 15.2. The van der Waals surface area contributed by atoms with Crippen molar-refractivity contribution in [2.45, 2.75) is 65.2 Å². The summed E-state index contributed by atoms with van der Waals surface area (Å²) < 4.78 is 12.7. The van der Waals surface area contributed by atoms with E-state index in [4.69, 9.17) is 20.0 Å². The molecule has 0 unspecified atom stereocenters. The van der Waals surface area contributed by atoms with Crippen LogP contribution in [0.1, 0.15) is 114 Å². The van der Waals surface area contributed by atoms with Gasteiger partial charge in [-0.25, -0.2) is 0 Å². The van der Waals surface area contributed by atoms with Gasteiger partial charge in [0.1, 0.15) is 24.7 Å². The maximum absolute atomic E-state index is 13.6. The van der Waals surface area contributed by atoms with Crippen LogP contribution in [0.4, 0.5) is 0 Å². The molecule has 2 heterocycles. The predicted octanol–water partition coefficient (Wildman–Crippen LogP) is 10.0. The van der Waals surface area contributed by atoms with E-state index in [9.17, 15) is 30.6 Å². The molecule has 2 radical (unpaired) electrons. The number of hydrogen-bond acceptors (Lipinski definition) is 14. The van der Waals surface area contributed by atoms with Gasteiger partial charge in [0.05, 0.1) is 36.6 Å². The fourth-order valence-corrected chi connectivity index (χ4v) is 11.0. The van der Waals surface area contributed by atoms with Crippen molar-refractivity contribution in [3.8, 4) is 58.1 Å². The van der Waals surface area contributed by atoms with Crippen molar-refractivity contribution in [2.75, 3.05) is 26.3 Å². The van der Waals surface area contributed by atoms with E-state index in [0.29, 0.717) is 130 Å². The number of nitrogens with zero attached hydrogens (tertiary/aromatic N) is 6. The van der Waals surface area contributed by atoms with Crippen LogP contribution in [-0.2, 0) is 51.4 Å². The number of nitriles is 2. The average Bonchev–Trinajstić information content (AvgIpc) is 1.04. The van der Waals surface area contributed by atoms with Gasteiger partial charge in [0, 0.05) is 64.4 Å². The van der Waals surface area contributed by atoms with Gasteiger partial charge in [-0.3, -0.25) is 20.0 Å². The third-order valence-corrected chi connectivity index (χ3v) is 15.2. The van der Waals surface area contributed by atoms with E-state index in [-0.39, 0.29) is 137 Å². The second-order valence-electron chi connectivity index (χ2n) is 21.4. The summed E-state index contributed by atoms with van der Waals surface area (Å²) >= 11 is 0. The monoisotopic (exact) mass is 1520 g/mol. The summed E-state index contributed by atoms with van der Waals surface area (Å²) in [7, 11) is 0. The summed E-state index contributed by atoms with van der Waals surface area (Å²) in [5, 5.41) is 95.6. The van der Waals surface area contributed by atoms with Crippen molar-refractivity contribution in [1.82, 2.24) is 9.97 Å². The number of ether oxygens (including phenoxy) is 2. The average molecular weight is 1510 g/mol. The summed E-state index contributed by atoms with van der Waals surface area (Å²) in [6.07, 6.45) is 9.27. The quantitative estimate of drug-likeness (QED) is 0.0915. The van der Waals surface area contributed by atoms with Crippen molar-refractivity contribution >= 4 is 12.4 Å². The van der Waals surface area contributed by atoms with Crippen LogP contribution in [0.3, 0.4) is 0 Å². The summed E-state index contributed by atoms with van der Waals surface area (Å²) in [5.74, 6) is 0.807. The Bertz CT molecular complexity index is 3790. The molecule has 2 aliphatic rings. The minimum atomic E-state index is -0.120. The number of benzene rings is 8. The van der Waals surface area contributed by atoms with Crippen molar-refractivity contribution in [2.24, 2.45) is 9.98 Å². The second kappa shape index (κ2) is 35.8. The molecule has 0 fully saturated rings. The topological polar surface area (TPSA) is 255 Å². The molecular formula is C76H64Dy2N6O8. The van der Waals surface area contributed by atoms with Crippen LogP contribution in [0.15, 0.2) is 204 Å². The Labute approximate surface area is 598 Å². The molecule has 16 heteroatoms. The van der Waals surface area contributed by atoms with Crippen LogP contribution in [0.5, 0.6) is 46.0 Å². The standard InChI is InChI=1S/2C36H32N2O4.2C2H3N.2Dy/c2*39-33-24-7-3-8-25(33)20-27-10-5-12-29(35(27)41)22-31-14-6-13-30(21-28-11-4-9-26(19-24)34(28)40)36(31)42-18-17-37-23-32-15-1-2-16-38-32;2*1-2-3;;/h2*1-16,23,39-41H,17-22H2;2*1H3;;/q;;;;2*+3/p-6. The summed E-state index contributed by atoms with van der Waals surface area (Å²) in [4.78, 5) is 17.4. The molecule has 10 aromatic rings. The minimum Gasteiger partial charge on any atom is -0.872 e. The Balaban J connectivity index is 0.000000236. The predicted molar refractivity (Wildman–Crippen MR) is 338 cm³/mol. The van der Waals surface area contributed by atoms with Crippen LogP contribution in [0.2, 0.25) is 0 Å². The van der Waals surface area contributed by atoms with Gasteiger partial charge in [0.25, 0.3) is 0 Å². The molecule has 8 aromatic carbocycles. The number of rotatable bonds is 10. The van der Waals surface area contributed by atoms with E-state index in [0.717, 1.165) is 33.6 Å². The first-order valence-corrected chi connectivity index (χ1v) is 29.5. The summed E-state index contributed by atoms with van der Waals surface area (Å²) in [6.45, 7) is 4.35. The molecule has 0 aliphatic heterocycles. The van der Waals surface area contributed by atoms with Gasteiger partial charge >= 0.3 is 76.3 Å². The minimum absolute atomic E-state index is 0. The van der Waals surface area contributed by atoms with Crippen LogP contribution in [0.25, 0.3) is 0 Å². The molecule has 0 spiro atoms. The van der Waals surface area contributed by atoms with Gasteiger partial charge < -0.3 is 40.1 Å². The maximum Gasteiger partial charge on any atom is 3.00 e. The van der Waals surface area contributed by atoms with E-state index in [2.05, 4.69) is 20.0 Å².